The highest BCUT2D eigenvalue weighted by Crippen LogP contribution is 2.54. The van der Waals surface area contributed by atoms with E-state index in [2.05, 4.69) is 0 Å². The number of likely N-dealkylation sites (N-methyl/N-ethyl adjacent to an activating group) is 1. The summed E-state index contributed by atoms with van der Waals surface area (Å²) in [5, 5.41) is 66.4. The average molecular weight is 788 g/mol. The highest BCUT2D eigenvalue weighted by atomic mass is 17.2. The molecule has 3 heterocycles. The fourth-order valence-electron chi connectivity index (χ4n) is 8.80. The average Bonchev–Trinajstić information content (AvgIpc) is 3.15. The number of ketones is 2. The Morgan fingerprint density at radius 1 is 0.768 bits per heavy atom. The summed E-state index contributed by atoms with van der Waals surface area (Å²) in [6.45, 7) is 7.26. The molecule has 6 N–H and O–H groups in total. The first-order valence-corrected chi connectivity index (χ1v) is 19.5. The summed E-state index contributed by atoms with van der Waals surface area (Å²) < 4.78 is 31.0. The molecule has 7 rings (SSSR count). The number of benzene rings is 2. The molecule has 3 saturated heterocycles. The van der Waals surface area contributed by atoms with Gasteiger partial charge in [-0.05, 0) is 79.1 Å². The van der Waals surface area contributed by atoms with E-state index in [9.17, 15) is 40.2 Å². The van der Waals surface area contributed by atoms with Crippen molar-refractivity contribution >= 4 is 11.6 Å². The van der Waals surface area contributed by atoms with E-state index in [1.165, 1.54) is 0 Å². The molecular weight excluding hydrogens is 734 g/mol. The number of fused-ring (bicyclic) bond motifs is 3. The monoisotopic (exact) mass is 787 g/mol. The minimum absolute atomic E-state index is 0.0362. The lowest BCUT2D eigenvalue weighted by Crippen LogP contribution is -2.56. The lowest BCUT2D eigenvalue weighted by Gasteiger charge is -2.47. The molecule has 0 amide bonds. The Hall–Kier alpha value is -3.42. The predicted octanol–water partition coefficient (Wildman–Crippen LogP) is 3.61. The Morgan fingerprint density at radius 3 is 1.98 bits per heavy atom. The van der Waals surface area contributed by atoms with Crippen LogP contribution < -0.4 is 0 Å². The Kier molecular flexibility index (Phi) is 11.5. The van der Waals surface area contributed by atoms with Gasteiger partial charge in [-0.3, -0.25) is 9.59 Å². The molecule has 12 atom stereocenters. The van der Waals surface area contributed by atoms with Gasteiger partial charge in [-0.15, -0.1) is 0 Å². The molecule has 16 heteroatoms. The normalized spacial score (nSPS) is 35.9. The smallest absolute Gasteiger partial charge is 0.202 e. The lowest BCUT2D eigenvalue weighted by molar-refractivity contribution is -0.438. The Morgan fingerprint density at radius 2 is 1.38 bits per heavy atom. The summed E-state index contributed by atoms with van der Waals surface area (Å²) in [5.41, 5.74) is -3.56. The number of aliphatic hydroxyl groups is 2. The van der Waals surface area contributed by atoms with Crippen LogP contribution in [0.5, 0.6) is 23.0 Å². The standard InChI is InChI=1S/C40H53NO15/c1-7-40(49)15-14-20-29(35(46)33-32(34(20)45)36(47)30-23(43)8-9-24(44)31(30)37(33)48)39(40)54-28-16-21(41(5)6)38(19(4)52-28)56-55-27-13-11-25(18(3)51-27)53-26-12-10-22(42)17(2)50-26/h8-9,17-19,21-22,25-28,38-39,42-46,49H,7,10-16H2,1-6H3/t17-,18-,19-,21-,22-,25-,26-,27-,28-,38+,39?,40?/m0/s1. The lowest BCUT2D eigenvalue weighted by atomic mass is 9.71. The van der Waals surface area contributed by atoms with Crippen molar-refractivity contribution in [2.45, 2.75) is 152 Å². The maximum absolute atomic E-state index is 13.8. The number of rotatable bonds is 9. The Balaban J connectivity index is 1.07. The third kappa shape index (κ3) is 7.18. The number of carbonyl (C=O) groups excluding carboxylic acids is 2. The number of aromatic hydroxyl groups is 4. The van der Waals surface area contributed by atoms with E-state index in [1.807, 2.05) is 32.8 Å². The van der Waals surface area contributed by atoms with Gasteiger partial charge in [-0.1, -0.05) is 6.92 Å². The van der Waals surface area contributed by atoms with Crippen molar-refractivity contribution in [3.05, 3.63) is 45.5 Å². The van der Waals surface area contributed by atoms with E-state index < -0.39 is 106 Å². The van der Waals surface area contributed by atoms with Crippen molar-refractivity contribution in [1.82, 2.24) is 4.90 Å². The molecule has 0 saturated carbocycles. The van der Waals surface area contributed by atoms with Crippen molar-refractivity contribution in [2.24, 2.45) is 0 Å². The zero-order valence-electron chi connectivity index (χ0n) is 32.5. The van der Waals surface area contributed by atoms with Crippen LogP contribution in [-0.4, -0.2) is 128 Å². The molecule has 2 aliphatic carbocycles. The fourth-order valence-corrected chi connectivity index (χ4v) is 8.80. The number of carbonyl (C=O) groups is 2. The first kappa shape index (κ1) is 40.8. The van der Waals surface area contributed by atoms with E-state index in [-0.39, 0.29) is 61.2 Å². The summed E-state index contributed by atoms with van der Waals surface area (Å²) in [7, 11) is 3.74. The van der Waals surface area contributed by atoms with Crippen LogP contribution in [-0.2, 0) is 39.9 Å². The van der Waals surface area contributed by atoms with Gasteiger partial charge < -0.3 is 59.2 Å². The highest BCUT2D eigenvalue weighted by Gasteiger charge is 2.51. The van der Waals surface area contributed by atoms with E-state index in [0.717, 1.165) is 12.1 Å². The number of phenolic OH excluding ortho intramolecular Hbond substituents is 4. The van der Waals surface area contributed by atoms with Crippen molar-refractivity contribution in [2.75, 3.05) is 14.1 Å². The number of ether oxygens (including phenoxy) is 5. The van der Waals surface area contributed by atoms with Crippen molar-refractivity contribution < 1.29 is 73.7 Å². The molecule has 16 nitrogen and oxygen atoms in total. The zero-order chi connectivity index (χ0) is 40.4. The van der Waals surface area contributed by atoms with Crippen molar-refractivity contribution in [3.63, 3.8) is 0 Å². The van der Waals surface area contributed by atoms with Gasteiger partial charge in [0.1, 0.15) is 35.2 Å². The maximum atomic E-state index is 13.8. The van der Waals surface area contributed by atoms with Gasteiger partial charge in [0.25, 0.3) is 0 Å². The third-order valence-corrected chi connectivity index (χ3v) is 12.2. The summed E-state index contributed by atoms with van der Waals surface area (Å²) in [6.07, 6.45) is -3.12. The van der Waals surface area contributed by atoms with Crippen molar-refractivity contribution in [3.8, 4) is 23.0 Å². The molecule has 0 bridgehead atoms. The van der Waals surface area contributed by atoms with Gasteiger partial charge in [0.2, 0.25) is 11.6 Å². The molecule has 0 aromatic heterocycles. The quantitative estimate of drug-likeness (QED) is 0.104. The summed E-state index contributed by atoms with van der Waals surface area (Å²) in [6, 6.07) is 1.79. The van der Waals surface area contributed by atoms with Crippen LogP contribution in [0.15, 0.2) is 12.1 Å². The fraction of sp³-hybridized carbons (Fsp3) is 0.650. The molecule has 308 valence electrons. The SMILES string of the molecule is CCC1(O)CCc2c(O)c3c(c(O)c2C1O[C@H]1C[C@H](N(C)C)[C@H](OO[C@H]2CC[C@H](O[C@H]4CC[C@H](O)[C@H](C)O4)[C@H](C)O2)[C@H](C)O1)C(=O)c1c(O)ccc(O)c1C3=O. The van der Waals surface area contributed by atoms with Crippen LogP contribution in [0.3, 0.4) is 0 Å². The molecule has 3 fully saturated rings. The highest BCUT2D eigenvalue weighted by molar-refractivity contribution is 6.32. The van der Waals surface area contributed by atoms with Gasteiger partial charge >= 0.3 is 0 Å². The largest absolute Gasteiger partial charge is 0.507 e. The molecule has 0 spiro atoms. The van der Waals surface area contributed by atoms with Crippen LogP contribution in [0.1, 0.15) is 122 Å². The minimum Gasteiger partial charge on any atom is -0.507 e. The number of phenols is 4. The first-order valence-electron chi connectivity index (χ1n) is 19.5. The molecule has 2 aromatic carbocycles. The van der Waals surface area contributed by atoms with Gasteiger partial charge in [0.05, 0.1) is 58.4 Å². The van der Waals surface area contributed by atoms with E-state index in [1.54, 1.807) is 13.8 Å². The van der Waals surface area contributed by atoms with Crippen LogP contribution in [0, 0.1) is 0 Å². The molecular formula is C40H53NO15. The molecule has 0 radical (unpaired) electrons. The topological polar surface area (TPSA) is 223 Å². The van der Waals surface area contributed by atoms with Crippen LogP contribution in [0.4, 0.5) is 0 Å². The molecule has 5 aliphatic rings. The van der Waals surface area contributed by atoms with Gasteiger partial charge in [-0.25, -0.2) is 9.78 Å². The molecule has 2 unspecified atom stereocenters. The minimum atomic E-state index is -1.58. The second kappa shape index (κ2) is 15.7. The second-order valence-corrected chi connectivity index (χ2v) is 16.0. The number of hydrogen-bond donors (Lipinski definition) is 6. The summed E-state index contributed by atoms with van der Waals surface area (Å²) in [4.78, 5) is 41.3. The summed E-state index contributed by atoms with van der Waals surface area (Å²) >= 11 is 0. The molecule has 3 aliphatic heterocycles. The predicted molar refractivity (Wildman–Crippen MR) is 194 cm³/mol. The number of hydrogen-bond acceptors (Lipinski definition) is 16. The van der Waals surface area contributed by atoms with Gasteiger partial charge in [-0.2, -0.15) is 0 Å². The Bertz CT molecular complexity index is 1840. The van der Waals surface area contributed by atoms with Crippen LogP contribution >= 0.6 is 0 Å². The zero-order valence-corrected chi connectivity index (χ0v) is 32.5. The van der Waals surface area contributed by atoms with E-state index in [4.69, 9.17) is 33.5 Å². The Labute approximate surface area is 324 Å². The number of aliphatic hydroxyl groups excluding tert-OH is 1. The van der Waals surface area contributed by atoms with E-state index in [0.29, 0.717) is 25.7 Å². The second-order valence-electron chi connectivity index (χ2n) is 16.0. The first-order chi connectivity index (χ1) is 26.5. The van der Waals surface area contributed by atoms with Crippen molar-refractivity contribution in [1.29, 1.82) is 0 Å². The van der Waals surface area contributed by atoms with Crippen LogP contribution in [0.2, 0.25) is 0 Å². The maximum Gasteiger partial charge on any atom is 0.202 e. The third-order valence-electron chi connectivity index (χ3n) is 12.2. The van der Waals surface area contributed by atoms with E-state index >= 15 is 0 Å². The molecule has 56 heavy (non-hydrogen) atoms. The molecule has 2 aromatic rings. The van der Waals surface area contributed by atoms with Gasteiger partial charge in [0, 0.05) is 36.4 Å². The van der Waals surface area contributed by atoms with Crippen LogP contribution in [0.25, 0.3) is 0 Å². The summed E-state index contributed by atoms with van der Waals surface area (Å²) in [5.74, 6) is -4.31. The number of nitrogens with zero attached hydrogens (tertiary/aromatic N) is 1. The van der Waals surface area contributed by atoms with Gasteiger partial charge in [0.15, 0.2) is 18.9 Å².